The molecule has 2 aromatic heterocycles. The third-order valence-corrected chi connectivity index (χ3v) is 2.84. The zero-order chi connectivity index (χ0) is 13.9. The molecule has 0 aliphatic heterocycles. The van der Waals surface area contributed by atoms with E-state index in [4.69, 9.17) is 5.73 Å². The fourth-order valence-electron chi connectivity index (χ4n) is 1.89. The number of H-pyrrole nitrogens is 1. The number of hydrogen-bond donors (Lipinski definition) is 3. The van der Waals surface area contributed by atoms with Crippen LogP contribution in [0.1, 0.15) is 5.69 Å². The van der Waals surface area contributed by atoms with E-state index in [1.807, 2.05) is 24.3 Å². The summed E-state index contributed by atoms with van der Waals surface area (Å²) in [5.41, 5.74) is 8.48. The second-order valence-electron chi connectivity index (χ2n) is 4.41. The standard InChI is InChI=1S/C14H13N5O/c15-9-5-6-10(16-8-9)7-13(20)19-14-17-11-3-1-2-4-12(11)18-14/h1-6,8H,7,15H2,(H2,17,18,19,20). The maximum Gasteiger partial charge on any atom is 0.232 e. The average molecular weight is 267 g/mol. The summed E-state index contributed by atoms with van der Waals surface area (Å²) >= 11 is 0. The topological polar surface area (TPSA) is 96.7 Å². The maximum absolute atomic E-state index is 11.9. The predicted octanol–water partition coefficient (Wildman–Crippen LogP) is 1.72. The summed E-state index contributed by atoms with van der Waals surface area (Å²) in [6.45, 7) is 0. The van der Waals surface area contributed by atoms with E-state index in [1.54, 1.807) is 12.1 Å². The molecule has 1 aromatic carbocycles. The zero-order valence-corrected chi connectivity index (χ0v) is 10.6. The monoisotopic (exact) mass is 267 g/mol. The molecule has 0 bridgehead atoms. The first-order valence-corrected chi connectivity index (χ1v) is 6.16. The number of rotatable bonds is 3. The van der Waals surface area contributed by atoms with E-state index in [0.29, 0.717) is 17.3 Å². The van der Waals surface area contributed by atoms with Crippen LogP contribution in [0.25, 0.3) is 11.0 Å². The van der Waals surface area contributed by atoms with Gasteiger partial charge in [-0.1, -0.05) is 12.1 Å². The third-order valence-electron chi connectivity index (χ3n) is 2.84. The lowest BCUT2D eigenvalue weighted by Crippen LogP contribution is -2.16. The second kappa shape index (κ2) is 5.00. The molecule has 0 fully saturated rings. The van der Waals surface area contributed by atoms with Crippen LogP contribution in [-0.2, 0) is 11.2 Å². The molecular weight excluding hydrogens is 254 g/mol. The highest BCUT2D eigenvalue weighted by Crippen LogP contribution is 2.13. The second-order valence-corrected chi connectivity index (χ2v) is 4.41. The minimum absolute atomic E-state index is 0.178. The highest BCUT2D eigenvalue weighted by molar-refractivity contribution is 5.92. The molecule has 20 heavy (non-hydrogen) atoms. The first-order chi connectivity index (χ1) is 9.70. The number of benzene rings is 1. The summed E-state index contributed by atoms with van der Waals surface area (Å²) in [5, 5.41) is 2.72. The Morgan fingerprint density at radius 2 is 2.10 bits per heavy atom. The van der Waals surface area contributed by atoms with E-state index >= 15 is 0 Å². The summed E-state index contributed by atoms with van der Waals surface area (Å²) in [6.07, 6.45) is 1.71. The maximum atomic E-state index is 11.9. The lowest BCUT2D eigenvalue weighted by atomic mass is 10.2. The molecule has 0 saturated carbocycles. The number of para-hydroxylation sites is 2. The molecule has 0 radical (unpaired) electrons. The molecule has 0 atom stereocenters. The largest absolute Gasteiger partial charge is 0.397 e. The Morgan fingerprint density at radius 1 is 1.25 bits per heavy atom. The van der Waals surface area contributed by atoms with Gasteiger partial charge in [-0.3, -0.25) is 15.1 Å². The van der Waals surface area contributed by atoms with Crippen molar-refractivity contribution in [1.29, 1.82) is 0 Å². The van der Waals surface area contributed by atoms with Crippen LogP contribution in [0.2, 0.25) is 0 Å². The molecule has 0 unspecified atom stereocenters. The van der Waals surface area contributed by atoms with Gasteiger partial charge in [-0.2, -0.15) is 0 Å². The third kappa shape index (κ3) is 2.59. The van der Waals surface area contributed by atoms with Gasteiger partial charge in [0.25, 0.3) is 0 Å². The number of nitrogens with one attached hydrogen (secondary N) is 2. The van der Waals surface area contributed by atoms with Crippen LogP contribution in [0.5, 0.6) is 0 Å². The van der Waals surface area contributed by atoms with Gasteiger partial charge in [-0.05, 0) is 24.3 Å². The van der Waals surface area contributed by atoms with Crippen molar-refractivity contribution in [1.82, 2.24) is 15.0 Å². The van der Waals surface area contributed by atoms with Crippen molar-refractivity contribution in [3.63, 3.8) is 0 Å². The van der Waals surface area contributed by atoms with Gasteiger partial charge in [0.05, 0.1) is 29.3 Å². The van der Waals surface area contributed by atoms with Gasteiger partial charge < -0.3 is 10.7 Å². The molecule has 0 spiro atoms. The molecule has 6 heteroatoms. The number of nitrogens with two attached hydrogens (primary N) is 1. The lowest BCUT2D eigenvalue weighted by Gasteiger charge is -2.01. The Morgan fingerprint density at radius 3 is 2.85 bits per heavy atom. The number of aromatic amines is 1. The van der Waals surface area contributed by atoms with Gasteiger partial charge in [-0.25, -0.2) is 4.98 Å². The molecule has 3 aromatic rings. The van der Waals surface area contributed by atoms with Crippen molar-refractivity contribution in [3.05, 3.63) is 48.3 Å². The number of nitrogen functional groups attached to an aromatic ring is 1. The Hall–Kier alpha value is -2.89. The Balaban J connectivity index is 1.70. The number of pyridine rings is 1. The van der Waals surface area contributed by atoms with Crippen molar-refractivity contribution in [3.8, 4) is 0 Å². The van der Waals surface area contributed by atoms with E-state index in [2.05, 4.69) is 20.3 Å². The average Bonchev–Trinajstić information content (AvgIpc) is 2.83. The fraction of sp³-hybridized carbons (Fsp3) is 0.0714. The minimum Gasteiger partial charge on any atom is -0.397 e. The molecule has 100 valence electrons. The molecule has 0 aliphatic carbocycles. The number of anilines is 2. The quantitative estimate of drug-likeness (QED) is 0.673. The summed E-state index contributed by atoms with van der Waals surface area (Å²) in [4.78, 5) is 23.3. The van der Waals surface area contributed by atoms with E-state index in [0.717, 1.165) is 11.0 Å². The number of carbonyl (C=O) groups excluding carboxylic acids is 1. The number of hydrogen-bond acceptors (Lipinski definition) is 4. The smallest absolute Gasteiger partial charge is 0.232 e. The Labute approximate surface area is 115 Å². The van der Waals surface area contributed by atoms with Crippen LogP contribution in [0.4, 0.5) is 11.6 Å². The number of carbonyl (C=O) groups is 1. The van der Waals surface area contributed by atoms with Gasteiger partial charge in [0.15, 0.2) is 0 Å². The van der Waals surface area contributed by atoms with Crippen molar-refractivity contribution >= 4 is 28.6 Å². The van der Waals surface area contributed by atoms with Gasteiger partial charge in [-0.15, -0.1) is 0 Å². The van der Waals surface area contributed by atoms with E-state index in [1.165, 1.54) is 6.20 Å². The molecule has 6 nitrogen and oxygen atoms in total. The zero-order valence-electron chi connectivity index (χ0n) is 10.6. The van der Waals surface area contributed by atoms with E-state index in [9.17, 15) is 4.79 Å². The molecule has 0 aliphatic rings. The number of nitrogens with zero attached hydrogens (tertiary/aromatic N) is 2. The summed E-state index contributed by atoms with van der Waals surface area (Å²) in [6, 6.07) is 11.0. The Bertz CT molecular complexity index is 715. The van der Waals surface area contributed by atoms with Crippen molar-refractivity contribution < 1.29 is 4.79 Å². The van der Waals surface area contributed by atoms with Crippen LogP contribution in [0.3, 0.4) is 0 Å². The Kier molecular flexibility index (Phi) is 3.04. The SMILES string of the molecule is Nc1ccc(CC(=O)Nc2nc3ccccc3[nH]2)nc1. The summed E-state index contributed by atoms with van der Waals surface area (Å²) in [7, 11) is 0. The predicted molar refractivity (Wildman–Crippen MR) is 77.1 cm³/mol. The van der Waals surface area contributed by atoms with Crippen LogP contribution in [0, 0.1) is 0 Å². The van der Waals surface area contributed by atoms with Crippen molar-refractivity contribution in [2.45, 2.75) is 6.42 Å². The first-order valence-electron chi connectivity index (χ1n) is 6.16. The van der Waals surface area contributed by atoms with Gasteiger partial charge in [0.2, 0.25) is 11.9 Å². The van der Waals surface area contributed by atoms with Crippen molar-refractivity contribution in [2.75, 3.05) is 11.1 Å². The van der Waals surface area contributed by atoms with Crippen LogP contribution in [0.15, 0.2) is 42.6 Å². The van der Waals surface area contributed by atoms with E-state index in [-0.39, 0.29) is 12.3 Å². The lowest BCUT2D eigenvalue weighted by molar-refractivity contribution is -0.115. The van der Waals surface area contributed by atoms with Crippen LogP contribution < -0.4 is 11.1 Å². The molecule has 3 rings (SSSR count). The number of fused-ring (bicyclic) bond motifs is 1. The highest BCUT2D eigenvalue weighted by Gasteiger charge is 2.08. The van der Waals surface area contributed by atoms with Crippen LogP contribution >= 0.6 is 0 Å². The molecule has 2 heterocycles. The minimum atomic E-state index is -0.179. The molecule has 4 N–H and O–H groups in total. The summed E-state index contributed by atoms with van der Waals surface area (Å²) < 4.78 is 0. The van der Waals surface area contributed by atoms with Crippen LogP contribution in [-0.4, -0.2) is 20.9 Å². The van der Waals surface area contributed by atoms with Gasteiger partial charge in [0, 0.05) is 5.69 Å². The molecule has 0 saturated heterocycles. The highest BCUT2D eigenvalue weighted by atomic mass is 16.1. The number of aromatic nitrogens is 3. The number of amides is 1. The normalized spacial score (nSPS) is 10.6. The van der Waals surface area contributed by atoms with Gasteiger partial charge in [0.1, 0.15) is 0 Å². The fourth-order valence-corrected chi connectivity index (χ4v) is 1.89. The summed E-state index contributed by atoms with van der Waals surface area (Å²) in [5.74, 6) is 0.257. The van der Waals surface area contributed by atoms with E-state index < -0.39 is 0 Å². The number of imidazole rings is 1. The van der Waals surface area contributed by atoms with Gasteiger partial charge >= 0.3 is 0 Å². The van der Waals surface area contributed by atoms with Crippen molar-refractivity contribution in [2.24, 2.45) is 0 Å². The first kappa shape index (κ1) is 12.2. The molecular formula is C14H13N5O. The molecule has 1 amide bonds.